The van der Waals surface area contributed by atoms with Crippen molar-refractivity contribution in [2.24, 2.45) is 0 Å². The third kappa shape index (κ3) is 6.14. The Labute approximate surface area is 169 Å². The van der Waals surface area contributed by atoms with Crippen LogP contribution in [0.3, 0.4) is 0 Å². The number of ether oxygens (including phenoxy) is 1. The standard InChI is InChI=1S/C21H24N4O2S/c1-16(11-23-21(26)20-8-3-4-9-22-20)27-19-7-5-6-17(10-19)12-25(2)13-18-14-28-15-24-18/h3-10,14-16H,11-13H2,1-2H3,(H,23,26). The van der Waals surface area contributed by atoms with Crippen LogP contribution in [0.2, 0.25) is 0 Å². The molecular weight excluding hydrogens is 372 g/mol. The van der Waals surface area contributed by atoms with Gasteiger partial charge < -0.3 is 10.1 Å². The molecule has 3 rings (SSSR count). The van der Waals surface area contributed by atoms with Gasteiger partial charge in [0.2, 0.25) is 0 Å². The van der Waals surface area contributed by atoms with Crippen LogP contribution >= 0.6 is 11.3 Å². The van der Waals surface area contributed by atoms with Crippen LogP contribution in [0.1, 0.15) is 28.7 Å². The van der Waals surface area contributed by atoms with Crippen LogP contribution in [0.4, 0.5) is 0 Å². The highest BCUT2D eigenvalue weighted by Crippen LogP contribution is 2.17. The molecule has 1 aromatic carbocycles. The van der Waals surface area contributed by atoms with Gasteiger partial charge in [0.25, 0.3) is 5.91 Å². The maximum absolute atomic E-state index is 12.1. The van der Waals surface area contributed by atoms with Crippen molar-refractivity contribution in [2.75, 3.05) is 13.6 Å². The van der Waals surface area contributed by atoms with Crippen LogP contribution < -0.4 is 10.1 Å². The largest absolute Gasteiger partial charge is 0.489 e. The number of hydrogen-bond donors (Lipinski definition) is 1. The van der Waals surface area contributed by atoms with Crippen LogP contribution in [-0.4, -0.2) is 40.5 Å². The Kier molecular flexibility index (Phi) is 7.11. The molecule has 1 amide bonds. The second-order valence-corrected chi connectivity index (χ2v) is 7.37. The predicted molar refractivity (Wildman–Crippen MR) is 110 cm³/mol. The molecule has 0 fully saturated rings. The zero-order valence-corrected chi connectivity index (χ0v) is 16.9. The van der Waals surface area contributed by atoms with Crippen LogP contribution in [-0.2, 0) is 13.1 Å². The first-order chi connectivity index (χ1) is 13.6. The fourth-order valence-corrected chi connectivity index (χ4v) is 3.32. The summed E-state index contributed by atoms with van der Waals surface area (Å²) in [4.78, 5) is 22.7. The van der Waals surface area contributed by atoms with E-state index in [-0.39, 0.29) is 12.0 Å². The van der Waals surface area contributed by atoms with Gasteiger partial charge in [0.15, 0.2) is 0 Å². The summed E-state index contributed by atoms with van der Waals surface area (Å²) in [6.07, 6.45) is 1.45. The van der Waals surface area contributed by atoms with Gasteiger partial charge in [0, 0.05) is 24.7 Å². The highest BCUT2D eigenvalue weighted by Gasteiger charge is 2.10. The molecule has 6 nitrogen and oxygen atoms in total. The van der Waals surface area contributed by atoms with Gasteiger partial charge in [0.1, 0.15) is 17.5 Å². The summed E-state index contributed by atoms with van der Waals surface area (Å²) < 4.78 is 5.96. The van der Waals surface area contributed by atoms with Crippen molar-refractivity contribution in [2.45, 2.75) is 26.1 Å². The summed E-state index contributed by atoms with van der Waals surface area (Å²) in [5.74, 6) is 0.590. The van der Waals surface area contributed by atoms with Gasteiger partial charge in [-0.2, -0.15) is 0 Å². The number of rotatable bonds is 9. The summed E-state index contributed by atoms with van der Waals surface area (Å²) in [5.41, 5.74) is 4.50. The first kappa shape index (κ1) is 20.0. The van der Waals surface area contributed by atoms with E-state index in [2.05, 4.69) is 38.7 Å². The van der Waals surface area contributed by atoms with E-state index in [1.807, 2.05) is 30.6 Å². The van der Waals surface area contributed by atoms with E-state index in [0.717, 1.165) is 24.5 Å². The normalized spacial score (nSPS) is 12.0. The molecule has 0 radical (unpaired) electrons. The van der Waals surface area contributed by atoms with Crippen molar-refractivity contribution < 1.29 is 9.53 Å². The molecule has 2 aromatic heterocycles. The maximum atomic E-state index is 12.1. The Hall–Kier alpha value is -2.77. The van der Waals surface area contributed by atoms with Crippen molar-refractivity contribution in [1.82, 2.24) is 20.2 Å². The molecule has 1 atom stereocenters. The predicted octanol–water partition coefficient (Wildman–Crippen LogP) is 3.37. The van der Waals surface area contributed by atoms with E-state index in [0.29, 0.717) is 12.2 Å². The molecule has 0 saturated heterocycles. The fourth-order valence-electron chi connectivity index (χ4n) is 2.77. The average Bonchev–Trinajstić information content (AvgIpc) is 3.20. The molecule has 0 aliphatic heterocycles. The Morgan fingerprint density at radius 1 is 1.21 bits per heavy atom. The molecule has 7 heteroatoms. The quantitative estimate of drug-likeness (QED) is 0.601. The number of nitrogens with zero attached hydrogens (tertiary/aromatic N) is 3. The molecule has 3 aromatic rings. The number of hydrogen-bond acceptors (Lipinski definition) is 6. The van der Waals surface area contributed by atoms with Gasteiger partial charge in [-0.05, 0) is 43.8 Å². The molecule has 28 heavy (non-hydrogen) atoms. The minimum absolute atomic E-state index is 0.157. The van der Waals surface area contributed by atoms with Gasteiger partial charge >= 0.3 is 0 Å². The van der Waals surface area contributed by atoms with Crippen molar-refractivity contribution in [3.63, 3.8) is 0 Å². The van der Waals surface area contributed by atoms with Crippen LogP contribution in [0.25, 0.3) is 0 Å². The van der Waals surface area contributed by atoms with Gasteiger partial charge in [-0.1, -0.05) is 18.2 Å². The van der Waals surface area contributed by atoms with E-state index in [4.69, 9.17) is 4.74 Å². The van der Waals surface area contributed by atoms with E-state index < -0.39 is 0 Å². The smallest absolute Gasteiger partial charge is 0.270 e. The van der Waals surface area contributed by atoms with Crippen molar-refractivity contribution in [3.05, 3.63) is 76.5 Å². The number of benzene rings is 1. The topological polar surface area (TPSA) is 67.3 Å². The molecule has 1 N–H and O–H groups in total. The fraction of sp³-hybridized carbons (Fsp3) is 0.286. The van der Waals surface area contributed by atoms with Gasteiger partial charge in [0.05, 0.1) is 17.7 Å². The van der Waals surface area contributed by atoms with Gasteiger partial charge in [-0.25, -0.2) is 4.98 Å². The zero-order valence-electron chi connectivity index (χ0n) is 16.0. The minimum atomic E-state index is -0.200. The minimum Gasteiger partial charge on any atom is -0.489 e. The molecule has 1 unspecified atom stereocenters. The van der Waals surface area contributed by atoms with E-state index >= 15 is 0 Å². The van der Waals surface area contributed by atoms with Crippen LogP contribution in [0, 0.1) is 0 Å². The summed E-state index contributed by atoms with van der Waals surface area (Å²) in [6, 6.07) is 13.3. The number of amides is 1. The molecule has 0 spiro atoms. The second-order valence-electron chi connectivity index (χ2n) is 6.65. The first-order valence-electron chi connectivity index (χ1n) is 9.10. The lowest BCUT2D eigenvalue weighted by Gasteiger charge is -2.18. The Balaban J connectivity index is 1.48. The molecule has 0 aliphatic rings. The van der Waals surface area contributed by atoms with Crippen molar-refractivity contribution in [3.8, 4) is 5.75 Å². The summed E-state index contributed by atoms with van der Waals surface area (Å²) >= 11 is 1.61. The number of carbonyl (C=O) groups excluding carboxylic acids is 1. The van der Waals surface area contributed by atoms with Crippen LogP contribution in [0.5, 0.6) is 5.75 Å². The van der Waals surface area contributed by atoms with E-state index in [1.54, 1.807) is 35.7 Å². The Bertz CT molecular complexity index is 871. The van der Waals surface area contributed by atoms with Crippen LogP contribution in [0.15, 0.2) is 59.6 Å². The third-order valence-corrected chi connectivity index (χ3v) is 4.69. The maximum Gasteiger partial charge on any atom is 0.270 e. The monoisotopic (exact) mass is 396 g/mol. The highest BCUT2D eigenvalue weighted by atomic mass is 32.1. The first-order valence-corrected chi connectivity index (χ1v) is 10.0. The van der Waals surface area contributed by atoms with Crippen molar-refractivity contribution in [1.29, 1.82) is 0 Å². The SMILES string of the molecule is CC(CNC(=O)c1ccccn1)Oc1cccc(CN(C)Cc2cscn2)c1. The summed E-state index contributed by atoms with van der Waals surface area (Å²) in [6.45, 7) is 3.95. The Morgan fingerprint density at radius 2 is 2.11 bits per heavy atom. The molecule has 2 heterocycles. The lowest BCUT2D eigenvalue weighted by molar-refractivity contribution is 0.0927. The number of thiazole rings is 1. The number of nitrogens with one attached hydrogen (secondary N) is 1. The molecular formula is C21H24N4O2S. The molecule has 146 valence electrons. The lowest BCUT2D eigenvalue weighted by atomic mass is 10.2. The summed E-state index contributed by atoms with van der Waals surface area (Å²) in [5, 5.41) is 4.92. The molecule has 0 bridgehead atoms. The Morgan fingerprint density at radius 3 is 2.86 bits per heavy atom. The van der Waals surface area contributed by atoms with E-state index in [1.165, 1.54) is 5.56 Å². The third-order valence-electron chi connectivity index (χ3n) is 4.05. The summed E-state index contributed by atoms with van der Waals surface area (Å²) in [7, 11) is 2.07. The van der Waals surface area contributed by atoms with Gasteiger partial charge in [-0.3, -0.25) is 14.7 Å². The number of carbonyl (C=O) groups is 1. The molecule has 0 aliphatic carbocycles. The number of aromatic nitrogens is 2. The second kappa shape index (κ2) is 9.96. The number of pyridine rings is 1. The average molecular weight is 397 g/mol. The van der Waals surface area contributed by atoms with E-state index in [9.17, 15) is 4.79 Å². The highest BCUT2D eigenvalue weighted by molar-refractivity contribution is 7.07. The molecule has 0 saturated carbocycles. The van der Waals surface area contributed by atoms with Crippen molar-refractivity contribution >= 4 is 17.2 Å². The lowest BCUT2D eigenvalue weighted by Crippen LogP contribution is -2.34. The zero-order chi connectivity index (χ0) is 19.8. The van der Waals surface area contributed by atoms with Gasteiger partial charge in [-0.15, -0.1) is 11.3 Å².